The number of fused-ring (bicyclic) bond motifs is 3. The van der Waals surface area contributed by atoms with Crippen molar-refractivity contribution in [1.29, 1.82) is 0 Å². The summed E-state index contributed by atoms with van der Waals surface area (Å²) in [6, 6.07) is 8.29. The van der Waals surface area contributed by atoms with Gasteiger partial charge in [-0.15, -0.1) is 0 Å². The van der Waals surface area contributed by atoms with Crippen LogP contribution in [0.2, 0.25) is 0 Å². The zero-order chi connectivity index (χ0) is 16.6. The van der Waals surface area contributed by atoms with Gasteiger partial charge in [-0.3, -0.25) is 0 Å². The molecule has 0 saturated carbocycles. The lowest BCUT2D eigenvalue weighted by Gasteiger charge is -2.25. The predicted molar refractivity (Wildman–Crippen MR) is 94.6 cm³/mol. The van der Waals surface area contributed by atoms with Gasteiger partial charge in [-0.05, 0) is 25.8 Å². The number of nitrogens with two attached hydrogens (primary N) is 1. The highest BCUT2D eigenvalue weighted by Crippen LogP contribution is 2.33. The monoisotopic (exact) mass is 312 g/mol. The molecule has 1 aromatic carbocycles. The summed E-state index contributed by atoms with van der Waals surface area (Å²) >= 11 is 0. The molecule has 0 aliphatic rings. The van der Waals surface area contributed by atoms with Crippen LogP contribution in [-0.2, 0) is 4.74 Å². The number of rotatable bonds is 5. The van der Waals surface area contributed by atoms with Crippen molar-refractivity contribution in [3.8, 4) is 0 Å². The Balaban J connectivity index is 2.33. The normalized spacial score (nSPS) is 13.3. The summed E-state index contributed by atoms with van der Waals surface area (Å²) < 4.78 is 8.01. The molecule has 3 aromatic rings. The van der Waals surface area contributed by atoms with E-state index in [4.69, 9.17) is 15.5 Å². The van der Waals surface area contributed by atoms with Gasteiger partial charge in [-0.25, -0.2) is 9.97 Å². The number of pyridine rings is 1. The van der Waals surface area contributed by atoms with Crippen molar-refractivity contribution in [1.82, 2.24) is 14.5 Å². The molecule has 23 heavy (non-hydrogen) atoms. The van der Waals surface area contributed by atoms with Crippen molar-refractivity contribution in [3.05, 3.63) is 30.1 Å². The summed E-state index contributed by atoms with van der Waals surface area (Å²) in [5, 5.41) is 1.08. The first kappa shape index (κ1) is 15.7. The minimum atomic E-state index is 0.213. The lowest BCUT2D eigenvalue weighted by molar-refractivity contribution is 0.0972. The van der Waals surface area contributed by atoms with Crippen LogP contribution >= 0.6 is 0 Å². The predicted octanol–water partition coefficient (Wildman–Crippen LogP) is 3.71. The Morgan fingerprint density at radius 2 is 1.96 bits per heavy atom. The molecule has 0 aliphatic heterocycles. The third-order valence-corrected chi connectivity index (χ3v) is 4.32. The Morgan fingerprint density at radius 3 is 2.65 bits per heavy atom. The molecule has 2 heterocycles. The number of hydrogen-bond donors (Lipinski definition) is 1. The maximum atomic E-state index is 6.16. The molecule has 0 fully saturated rings. The lowest BCUT2D eigenvalue weighted by atomic mass is 10.0. The molecule has 0 radical (unpaired) electrons. The number of ether oxygens (including phenoxy) is 1. The number of hydrogen-bond acceptors (Lipinski definition) is 4. The van der Waals surface area contributed by atoms with Crippen molar-refractivity contribution >= 4 is 27.8 Å². The molecular formula is C18H24N4O. The maximum Gasteiger partial charge on any atom is 0.152 e. The molecule has 2 N–H and O–H groups in total. The van der Waals surface area contributed by atoms with Crippen LogP contribution in [0.3, 0.4) is 0 Å². The van der Waals surface area contributed by atoms with Crippen molar-refractivity contribution < 1.29 is 4.74 Å². The third kappa shape index (κ3) is 2.65. The first-order valence-electron chi connectivity index (χ1n) is 8.15. The number of aromatic nitrogens is 3. The Morgan fingerprint density at radius 1 is 1.22 bits per heavy atom. The molecule has 2 aromatic heterocycles. The van der Waals surface area contributed by atoms with Crippen LogP contribution in [0.4, 0.5) is 5.82 Å². The Kier molecular flexibility index (Phi) is 4.22. The molecule has 0 bridgehead atoms. The van der Waals surface area contributed by atoms with Gasteiger partial charge in [0.1, 0.15) is 11.3 Å². The first-order chi connectivity index (χ1) is 11.0. The minimum absolute atomic E-state index is 0.213. The van der Waals surface area contributed by atoms with Gasteiger partial charge in [-0.1, -0.05) is 32.0 Å². The SMILES string of the molecule is CCOC[C@@H](C(C)C)n1c(C)nc2c(N)nc3ccccc3c21. The molecule has 3 rings (SSSR count). The minimum Gasteiger partial charge on any atom is -0.382 e. The fourth-order valence-electron chi connectivity index (χ4n) is 3.14. The zero-order valence-corrected chi connectivity index (χ0v) is 14.2. The van der Waals surface area contributed by atoms with E-state index in [1.807, 2.05) is 32.0 Å². The van der Waals surface area contributed by atoms with Crippen LogP contribution < -0.4 is 5.73 Å². The summed E-state index contributed by atoms with van der Waals surface area (Å²) in [6.45, 7) is 9.84. The summed E-state index contributed by atoms with van der Waals surface area (Å²) in [5.74, 6) is 1.86. The van der Waals surface area contributed by atoms with Crippen LogP contribution in [0.15, 0.2) is 24.3 Å². The molecule has 122 valence electrons. The highest BCUT2D eigenvalue weighted by atomic mass is 16.5. The van der Waals surface area contributed by atoms with Gasteiger partial charge in [0.05, 0.1) is 23.7 Å². The van der Waals surface area contributed by atoms with E-state index in [2.05, 4.69) is 29.5 Å². The molecule has 0 amide bonds. The van der Waals surface area contributed by atoms with Crippen LogP contribution in [0.1, 0.15) is 32.6 Å². The van der Waals surface area contributed by atoms with Crippen molar-refractivity contribution in [2.75, 3.05) is 18.9 Å². The van der Waals surface area contributed by atoms with Gasteiger partial charge >= 0.3 is 0 Å². The van der Waals surface area contributed by atoms with E-state index < -0.39 is 0 Å². The average molecular weight is 312 g/mol. The smallest absolute Gasteiger partial charge is 0.152 e. The zero-order valence-electron chi connectivity index (χ0n) is 14.2. The molecule has 0 spiro atoms. The summed E-state index contributed by atoms with van der Waals surface area (Å²) in [4.78, 5) is 9.19. The van der Waals surface area contributed by atoms with Crippen molar-refractivity contribution in [2.45, 2.75) is 33.7 Å². The van der Waals surface area contributed by atoms with Crippen LogP contribution in [0.25, 0.3) is 21.9 Å². The van der Waals surface area contributed by atoms with E-state index in [9.17, 15) is 0 Å². The highest BCUT2D eigenvalue weighted by molar-refractivity contribution is 6.06. The Bertz CT molecular complexity index is 838. The number of benzene rings is 1. The second kappa shape index (κ2) is 6.16. The molecule has 5 heteroatoms. The molecule has 0 aliphatic carbocycles. The summed E-state index contributed by atoms with van der Waals surface area (Å²) in [5.41, 5.74) is 8.90. The van der Waals surface area contributed by atoms with Crippen LogP contribution in [-0.4, -0.2) is 27.7 Å². The van der Waals surface area contributed by atoms with Crippen molar-refractivity contribution in [3.63, 3.8) is 0 Å². The summed E-state index contributed by atoms with van der Waals surface area (Å²) in [7, 11) is 0. The quantitative estimate of drug-likeness (QED) is 0.780. The number of imidazole rings is 1. The Labute approximate surface area is 136 Å². The van der Waals surface area contributed by atoms with Crippen LogP contribution in [0, 0.1) is 12.8 Å². The second-order valence-electron chi connectivity index (χ2n) is 6.21. The topological polar surface area (TPSA) is 66.0 Å². The standard InChI is InChI=1S/C18H24N4O/c1-5-23-10-15(11(2)3)22-12(4)20-16-17(22)13-8-6-7-9-14(13)21-18(16)19/h6-9,11,15H,5,10H2,1-4H3,(H2,19,21)/t15-/m0/s1. The van der Waals surface area contributed by atoms with Gasteiger partial charge in [0.25, 0.3) is 0 Å². The molecule has 1 atom stereocenters. The number of para-hydroxylation sites is 1. The highest BCUT2D eigenvalue weighted by Gasteiger charge is 2.23. The summed E-state index contributed by atoms with van der Waals surface area (Å²) in [6.07, 6.45) is 0. The molecule has 5 nitrogen and oxygen atoms in total. The molecule has 0 unspecified atom stereocenters. The molecule has 0 saturated heterocycles. The number of aryl methyl sites for hydroxylation is 1. The maximum absolute atomic E-state index is 6.16. The van der Waals surface area contributed by atoms with E-state index in [0.29, 0.717) is 24.9 Å². The Hall–Kier alpha value is -2.14. The number of nitrogens with zero attached hydrogens (tertiary/aromatic N) is 3. The fraction of sp³-hybridized carbons (Fsp3) is 0.444. The van der Waals surface area contributed by atoms with E-state index in [1.54, 1.807) is 0 Å². The van der Waals surface area contributed by atoms with E-state index >= 15 is 0 Å². The van der Waals surface area contributed by atoms with Crippen molar-refractivity contribution in [2.24, 2.45) is 5.92 Å². The van der Waals surface area contributed by atoms with Crippen LogP contribution in [0.5, 0.6) is 0 Å². The largest absolute Gasteiger partial charge is 0.382 e. The molecular weight excluding hydrogens is 288 g/mol. The second-order valence-corrected chi connectivity index (χ2v) is 6.21. The van der Waals surface area contributed by atoms with E-state index in [-0.39, 0.29) is 6.04 Å². The first-order valence-corrected chi connectivity index (χ1v) is 8.15. The van der Waals surface area contributed by atoms with Gasteiger partial charge in [0, 0.05) is 12.0 Å². The lowest BCUT2D eigenvalue weighted by Crippen LogP contribution is -2.22. The van der Waals surface area contributed by atoms with E-state index in [1.165, 1.54) is 0 Å². The van der Waals surface area contributed by atoms with Gasteiger partial charge < -0.3 is 15.0 Å². The van der Waals surface area contributed by atoms with Gasteiger partial charge in [0.2, 0.25) is 0 Å². The van der Waals surface area contributed by atoms with Gasteiger partial charge in [0.15, 0.2) is 5.82 Å². The van der Waals surface area contributed by atoms with E-state index in [0.717, 1.165) is 27.8 Å². The number of nitrogen functional groups attached to an aromatic ring is 1. The third-order valence-electron chi connectivity index (χ3n) is 4.32. The number of anilines is 1. The average Bonchev–Trinajstić information content (AvgIpc) is 2.86. The fourth-order valence-corrected chi connectivity index (χ4v) is 3.14. The van der Waals surface area contributed by atoms with Gasteiger partial charge in [-0.2, -0.15) is 0 Å².